The van der Waals surface area contributed by atoms with Crippen LogP contribution in [-0.2, 0) is 4.79 Å². The van der Waals surface area contributed by atoms with Gasteiger partial charge in [-0.25, -0.2) is 0 Å². The number of nitrogens with one attached hydrogen (secondary N) is 2. The number of anilines is 1. The molecule has 114 valence electrons. The number of hydrogen-bond acceptors (Lipinski definition) is 3. The van der Waals surface area contributed by atoms with Crippen LogP contribution in [0.15, 0.2) is 24.3 Å². The van der Waals surface area contributed by atoms with Crippen LogP contribution < -0.4 is 10.6 Å². The van der Waals surface area contributed by atoms with Crippen LogP contribution in [0, 0.1) is 5.92 Å². The van der Waals surface area contributed by atoms with Crippen molar-refractivity contribution in [1.29, 1.82) is 0 Å². The lowest BCUT2D eigenvalue weighted by molar-refractivity contribution is -0.122. The predicted octanol–water partition coefficient (Wildman–Crippen LogP) is 2.04. The highest BCUT2D eigenvalue weighted by Gasteiger charge is 2.27. The Balaban J connectivity index is 1.45. The maximum absolute atomic E-state index is 12.3. The number of amides is 1. The minimum absolute atomic E-state index is 0.0393. The second kappa shape index (κ2) is 6.48. The minimum Gasteiger partial charge on any atom is -0.384 e. The van der Waals surface area contributed by atoms with Gasteiger partial charge in [0.1, 0.15) is 0 Å². The van der Waals surface area contributed by atoms with Gasteiger partial charge in [0.25, 0.3) is 0 Å². The number of hydrogen-bond donors (Lipinski definition) is 2. The van der Waals surface area contributed by atoms with E-state index in [1.54, 1.807) is 0 Å². The minimum atomic E-state index is -0.0393. The van der Waals surface area contributed by atoms with E-state index in [0.717, 1.165) is 30.3 Å². The Bertz CT molecular complexity index is 495. The summed E-state index contributed by atoms with van der Waals surface area (Å²) in [6.45, 7) is 7.11. The molecule has 2 heterocycles. The van der Waals surface area contributed by atoms with Gasteiger partial charge in [-0.1, -0.05) is 25.1 Å². The number of rotatable bonds is 4. The molecule has 1 atom stereocenters. The van der Waals surface area contributed by atoms with E-state index in [1.807, 2.05) is 24.3 Å². The molecule has 0 aromatic heterocycles. The van der Waals surface area contributed by atoms with Crippen molar-refractivity contribution in [2.24, 2.45) is 5.92 Å². The Morgan fingerprint density at radius 3 is 2.90 bits per heavy atom. The quantitative estimate of drug-likeness (QED) is 0.891. The smallest absolute Gasteiger partial charge is 0.229 e. The Labute approximate surface area is 126 Å². The standard InChI is InChI=1S/C17H25N3O/c1-13-6-9-20(10-7-13)11-8-18-17(21)15-12-19-16-5-3-2-4-14(15)16/h2-5,13,15,19H,6-12H2,1H3,(H,18,21). The Hall–Kier alpha value is -1.55. The topological polar surface area (TPSA) is 44.4 Å². The lowest BCUT2D eigenvalue weighted by Gasteiger charge is -2.30. The molecule has 1 unspecified atom stereocenters. The molecule has 0 bridgehead atoms. The van der Waals surface area contributed by atoms with Crippen molar-refractivity contribution in [3.63, 3.8) is 0 Å². The van der Waals surface area contributed by atoms with Gasteiger partial charge in [-0.15, -0.1) is 0 Å². The molecule has 2 N–H and O–H groups in total. The third-order valence-corrected chi connectivity index (χ3v) is 4.75. The van der Waals surface area contributed by atoms with Gasteiger partial charge in [0, 0.05) is 25.3 Å². The van der Waals surface area contributed by atoms with Crippen LogP contribution in [0.25, 0.3) is 0 Å². The number of fused-ring (bicyclic) bond motifs is 1. The first-order valence-corrected chi connectivity index (χ1v) is 8.07. The molecule has 2 aliphatic heterocycles. The first-order chi connectivity index (χ1) is 10.2. The maximum Gasteiger partial charge on any atom is 0.229 e. The summed E-state index contributed by atoms with van der Waals surface area (Å²) in [5.41, 5.74) is 2.23. The van der Waals surface area contributed by atoms with E-state index in [9.17, 15) is 4.79 Å². The Morgan fingerprint density at radius 1 is 1.33 bits per heavy atom. The number of piperidine rings is 1. The van der Waals surface area contributed by atoms with Crippen molar-refractivity contribution in [3.05, 3.63) is 29.8 Å². The average molecular weight is 287 g/mol. The largest absolute Gasteiger partial charge is 0.384 e. The van der Waals surface area contributed by atoms with Gasteiger partial charge in [-0.05, 0) is 43.5 Å². The highest BCUT2D eigenvalue weighted by Crippen LogP contribution is 2.30. The van der Waals surface area contributed by atoms with Gasteiger partial charge in [0.15, 0.2) is 0 Å². The zero-order chi connectivity index (χ0) is 14.7. The van der Waals surface area contributed by atoms with E-state index in [4.69, 9.17) is 0 Å². The fraction of sp³-hybridized carbons (Fsp3) is 0.588. The molecule has 4 heteroatoms. The van der Waals surface area contributed by atoms with Crippen LogP contribution in [0.3, 0.4) is 0 Å². The van der Waals surface area contributed by atoms with Gasteiger partial charge in [-0.3, -0.25) is 4.79 Å². The van der Waals surface area contributed by atoms with Crippen molar-refractivity contribution >= 4 is 11.6 Å². The van der Waals surface area contributed by atoms with E-state index < -0.39 is 0 Å². The van der Waals surface area contributed by atoms with Crippen molar-refractivity contribution < 1.29 is 4.79 Å². The van der Waals surface area contributed by atoms with Gasteiger partial charge in [0.2, 0.25) is 5.91 Å². The SMILES string of the molecule is CC1CCN(CCNC(=O)C2CNc3ccccc32)CC1. The highest BCUT2D eigenvalue weighted by molar-refractivity contribution is 5.88. The van der Waals surface area contributed by atoms with Crippen LogP contribution in [0.2, 0.25) is 0 Å². The Morgan fingerprint density at radius 2 is 2.10 bits per heavy atom. The number of carbonyl (C=O) groups excluding carboxylic acids is 1. The van der Waals surface area contributed by atoms with E-state index in [2.05, 4.69) is 22.5 Å². The monoisotopic (exact) mass is 287 g/mol. The van der Waals surface area contributed by atoms with Crippen molar-refractivity contribution in [3.8, 4) is 0 Å². The summed E-state index contributed by atoms with van der Waals surface area (Å²) in [6.07, 6.45) is 2.57. The summed E-state index contributed by atoms with van der Waals surface area (Å²) in [5, 5.41) is 6.41. The summed E-state index contributed by atoms with van der Waals surface area (Å²) >= 11 is 0. The molecule has 21 heavy (non-hydrogen) atoms. The number of likely N-dealkylation sites (tertiary alicyclic amines) is 1. The van der Waals surface area contributed by atoms with Gasteiger partial charge in [0.05, 0.1) is 5.92 Å². The zero-order valence-electron chi connectivity index (χ0n) is 12.8. The lowest BCUT2D eigenvalue weighted by Crippen LogP contribution is -2.40. The van der Waals surface area contributed by atoms with Crippen LogP contribution in [0.4, 0.5) is 5.69 Å². The van der Waals surface area contributed by atoms with Gasteiger partial charge < -0.3 is 15.5 Å². The van der Waals surface area contributed by atoms with Crippen LogP contribution in [-0.4, -0.2) is 43.5 Å². The molecule has 2 aliphatic rings. The van der Waals surface area contributed by atoms with Crippen molar-refractivity contribution in [1.82, 2.24) is 10.2 Å². The third kappa shape index (κ3) is 3.38. The van der Waals surface area contributed by atoms with Crippen LogP contribution in [0.1, 0.15) is 31.2 Å². The number of nitrogens with zero attached hydrogens (tertiary/aromatic N) is 1. The van der Waals surface area contributed by atoms with Gasteiger partial charge in [-0.2, -0.15) is 0 Å². The van der Waals surface area contributed by atoms with Crippen LogP contribution >= 0.6 is 0 Å². The average Bonchev–Trinajstić information content (AvgIpc) is 2.93. The van der Waals surface area contributed by atoms with E-state index >= 15 is 0 Å². The van der Waals surface area contributed by atoms with Gasteiger partial charge >= 0.3 is 0 Å². The molecule has 0 saturated carbocycles. The number of para-hydroxylation sites is 1. The fourth-order valence-electron chi connectivity index (χ4n) is 3.26. The number of carbonyl (C=O) groups is 1. The molecule has 1 aromatic carbocycles. The second-order valence-electron chi connectivity index (χ2n) is 6.34. The molecule has 4 nitrogen and oxygen atoms in total. The van der Waals surface area contributed by atoms with E-state index in [0.29, 0.717) is 6.54 Å². The zero-order valence-corrected chi connectivity index (χ0v) is 12.8. The molecular formula is C17H25N3O. The number of benzene rings is 1. The molecular weight excluding hydrogens is 262 g/mol. The summed E-state index contributed by atoms with van der Waals surface area (Å²) in [5.74, 6) is 0.970. The molecule has 1 aromatic rings. The highest BCUT2D eigenvalue weighted by atomic mass is 16.1. The first-order valence-electron chi connectivity index (χ1n) is 8.07. The van der Waals surface area contributed by atoms with E-state index in [-0.39, 0.29) is 11.8 Å². The molecule has 0 spiro atoms. The second-order valence-corrected chi connectivity index (χ2v) is 6.34. The fourth-order valence-corrected chi connectivity index (χ4v) is 3.26. The van der Waals surface area contributed by atoms with E-state index in [1.165, 1.54) is 25.9 Å². The lowest BCUT2D eigenvalue weighted by atomic mass is 9.99. The molecule has 3 rings (SSSR count). The van der Waals surface area contributed by atoms with Crippen molar-refractivity contribution in [2.45, 2.75) is 25.7 Å². The maximum atomic E-state index is 12.3. The predicted molar refractivity (Wildman–Crippen MR) is 85.5 cm³/mol. The molecule has 0 radical (unpaired) electrons. The molecule has 1 saturated heterocycles. The third-order valence-electron chi connectivity index (χ3n) is 4.75. The van der Waals surface area contributed by atoms with Crippen LogP contribution in [0.5, 0.6) is 0 Å². The molecule has 1 fully saturated rings. The molecule has 1 amide bonds. The Kier molecular flexibility index (Phi) is 4.44. The summed E-state index contributed by atoms with van der Waals surface area (Å²) in [4.78, 5) is 14.8. The summed E-state index contributed by atoms with van der Waals surface area (Å²) < 4.78 is 0. The summed E-state index contributed by atoms with van der Waals surface area (Å²) in [6, 6.07) is 8.09. The first kappa shape index (κ1) is 14.4. The van der Waals surface area contributed by atoms with Crippen molar-refractivity contribution in [2.75, 3.05) is 38.0 Å². The summed E-state index contributed by atoms with van der Waals surface area (Å²) in [7, 11) is 0. The molecule has 0 aliphatic carbocycles. The normalized spacial score (nSPS) is 22.6.